The zero-order valence-electron chi connectivity index (χ0n) is 12.3. The summed E-state index contributed by atoms with van der Waals surface area (Å²) in [5.41, 5.74) is -0.291. The van der Waals surface area contributed by atoms with Crippen molar-refractivity contribution in [2.75, 3.05) is 6.54 Å². The molecule has 0 amide bonds. The molecule has 110 valence electrons. The second-order valence-electron chi connectivity index (χ2n) is 5.95. The Hall–Kier alpha value is -1.55. The van der Waals surface area contributed by atoms with Crippen molar-refractivity contribution < 1.29 is 14.6 Å². The van der Waals surface area contributed by atoms with Gasteiger partial charge in [0.25, 0.3) is 0 Å². The number of hydrogen-bond donors (Lipinski definition) is 2. The van der Waals surface area contributed by atoms with Crippen molar-refractivity contribution in [2.24, 2.45) is 5.92 Å². The Morgan fingerprint density at radius 1 is 1.40 bits per heavy atom. The Balaban J connectivity index is 2.13. The topological polar surface area (TPSA) is 58.6 Å². The van der Waals surface area contributed by atoms with E-state index < -0.39 is 11.5 Å². The van der Waals surface area contributed by atoms with E-state index in [2.05, 4.69) is 5.32 Å². The van der Waals surface area contributed by atoms with Gasteiger partial charge in [-0.1, -0.05) is 12.1 Å². The zero-order chi connectivity index (χ0) is 14.8. The van der Waals surface area contributed by atoms with Crippen LogP contribution in [0.25, 0.3) is 0 Å². The van der Waals surface area contributed by atoms with E-state index in [4.69, 9.17) is 4.74 Å². The van der Waals surface area contributed by atoms with E-state index in [1.165, 1.54) is 12.8 Å². The molecule has 0 aromatic heterocycles. The van der Waals surface area contributed by atoms with Gasteiger partial charge in [-0.25, -0.2) is 4.79 Å². The number of carboxylic acids is 1. The Labute approximate surface area is 120 Å². The number of aliphatic carboxylic acids is 1. The summed E-state index contributed by atoms with van der Waals surface area (Å²) in [5.74, 6) is 0.548. The van der Waals surface area contributed by atoms with Gasteiger partial charge in [0.15, 0.2) is 0 Å². The number of hydrogen-bond acceptors (Lipinski definition) is 3. The molecule has 1 atom stereocenters. The molecule has 0 aliphatic heterocycles. The standard InChI is InChI=1S/C16H23NO3/c1-11(2)20-14-8-6-13(7-9-14)16(3,15(18)19)17-10-12-4-5-12/h6-9,11-12,17H,4-5,10H2,1-3H3,(H,18,19). The van der Waals surface area contributed by atoms with Gasteiger partial charge in [-0.3, -0.25) is 5.32 Å². The normalized spacial score (nSPS) is 17.8. The van der Waals surface area contributed by atoms with E-state index in [-0.39, 0.29) is 6.10 Å². The largest absolute Gasteiger partial charge is 0.491 e. The fourth-order valence-corrected chi connectivity index (χ4v) is 2.11. The van der Waals surface area contributed by atoms with Crippen LogP contribution in [0.2, 0.25) is 0 Å². The third-order valence-electron chi connectivity index (χ3n) is 3.67. The molecule has 1 unspecified atom stereocenters. The van der Waals surface area contributed by atoms with Crippen LogP contribution in [0.1, 0.15) is 39.2 Å². The maximum atomic E-state index is 11.6. The van der Waals surface area contributed by atoms with Gasteiger partial charge >= 0.3 is 5.97 Å². The highest BCUT2D eigenvalue weighted by Crippen LogP contribution is 2.30. The highest BCUT2D eigenvalue weighted by molar-refractivity contribution is 5.80. The number of ether oxygens (including phenoxy) is 1. The Bertz CT molecular complexity index is 465. The molecule has 1 aromatic rings. The van der Waals surface area contributed by atoms with Gasteiger partial charge in [-0.05, 0) is 63.8 Å². The first-order chi connectivity index (χ1) is 9.41. The van der Waals surface area contributed by atoms with Crippen LogP contribution in [0.5, 0.6) is 5.75 Å². The minimum Gasteiger partial charge on any atom is -0.491 e. The van der Waals surface area contributed by atoms with Crippen molar-refractivity contribution >= 4 is 5.97 Å². The molecule has 0 saturated heterocycles. The van der Waals surface area contributed by atoms with Crippen LogP contribution in [0.3, 0.4) is 0 Å². The van der Waals surface area contributed by atoms with E-state index in [0.717, 1.165) is 17.9 Å². The summed E-state index contributed by atoms with van der Waals surface area (Å²) in [5, 5.41) is 12.7. The third-order valence-corrected chi connectivity index (χ3v) is 3.67. The molecule has 1 aromatic carbocycles. The molecule has 1 aliphatic carbocycles. The lowest BCUT2D eigenvalue weighted by atomic mass is 9.92. The third kappa shape index (κ3) is 3.51. The monoisotopic (exact) mass is 277 g/mol. The van der Waals surface area contributed by atoms with Crippen LogP contribution in [-0.4, -0.2) is 23.7 Å². The summed E-state index contributed by atoms with van der Waals surface area (Å²) in [6, 6.07) is 7.31. The lowest BCUT2D eigenvalue weighted by molar-refractivity contribution is -0.144. The first kappa shape index (κ1) is 14.9. The summed E-state index contributed by atoms with van der Waals surface area (Å²) in [6.45, 7) is 6.40. The van der Waals surface area contributed by atoms with Crippen LogP contribution < -0.4 is 10.1 Å². The predicted octanol–water partition coefficient (Wildman–Crippen LogP) is 2.77. The van der Waals surface area contributed by atoms with Crippen LogP contribution in [0, 0.1) is 5.92 Å². The average molecular weight is 277 g/mol. The van der Waals surface area contributed by atoms with Gasteiger partial charge in [-0.15, -0.1) is 0 Å². The lowest BCUT2D eigenvalue weighted by Gasteiger charge is -2.27. The molecule has 0 radical (unpaired) electrons. The molecule has 1 saturated carbocycles. The summed E-state index contributed by atoms with van der Waals surface area (Å²) >= 11 is 0. The van der Waals surface area contributed by atoms with Gasteiger partial charge in [-0.2, -0.15) is 0 Å². The van der Waals surface area contributed by atoms with Crippen molar-refractivity contribution in [3.8, 4) is 5.75 Å². The van der Waals surface area contributed by atoms with E-state index in [9.17, 15) is 9.90 Å². The van der Waals surface area contributed by atoms with E-state index in [1.54, 1.807) is 6.92 Å². The molecule has 2 N–H and O–H groups in total. The van der Waals surface area contributed by atoms with Crippen LogP contribution >= 0.6 is 0 Å². The maximum Gasteiger partial charge on any atom is 0.328 e. The summed E-state index contributed by atoms with van der Waals surface area (Å²) < 4.78 is 5.58. The fourth-order valence-electron chi connectivity index (χ4n) is 2.11. The molecule has 1 aliphatic rings. The van der Waals surface area contributed by atoms with Crippen molar-refractivity contribution in [3.05, 3.63) is 29.8 Å². The highest BCUT2D eigenvalue weighted by atomic mass is 16.5. The van der Waals surface area contributed by atoms with Crippen LogP contribution in [0.4, 0.5) is 0 Å². The molecule has 20 heavy (non-hydrogen) atoms. The van der Waals surface area contributed by atoms with Gasteiger partial charge in [0.05, 0.1) is 6.10 Å². The van der Waals surface area contributed by atoms with E-state index in [0.29, 0.717) is 5.92 Å². The van der Waals surface area contributed by atoms with Gasteiger partial charge < -0.3 is 9.84 Å². The second-order valence-corrected chi connectivity index (χ2v) is 5.95. The van der Waals surface area contributed by atoms with Crippen LogP contribution in [0.15, 0.2) is 24.3 Å². The molecule has 0 spiro atoms. The molecule has 4 nitrogen and oxygen atoms in total. The number of carboxylic acid groups (broad SMARTS) is 1. The fraction of sp³-hybridized carbons (Fsp3) is 0.562. The smallest absolute Gasteiger partial charge is 0.328 e. The average Bonchev–Trinajstić information content (AvgIpc) is 3.20. The first-order valence-electron chi connectivity index (χ1n) is 7.17. The van der Waals surface area contributed by atoms with E-state index in [1.807, 2.05) is 38.1 Å². The molecule has 0 bridgehead atoms. The van der Waals surface area contributed by atoms with Crippen LogP contribution in [-0.2, 0) is 10.3 Å². The van der Waals surface area contributed by atoms with Crippen molar-refractivity contribution in [2.45, 2.75) is 45.3 Å². The SMILES string of the molecule is CC(C)Oc1ccc(C(C)(NCC2CC2)C(=O)O)cc1. The Kier molecular flexibility index (Phi) is 4.33. The molecule has 0 heterocycles. The number of carbonyl (C=O) groups is 1. The van der Waals surface area contributed by atoms with Gasteiger partial charge in [0, 0.05) is 0 Å². The number of nitrogens with one attached hydrogen (secondary N) is 1. The molecule has 1 fully saturated rings. The summed E-state index contributed by atoms with van der Waals surface area (Å²) in [4.78, 5) is 11.6. The summed E-state index contributed by atoms with van der Waals surface area (Å²) in [7, 11) is 0. The quantitative estimate of drug-likeness (QED) is 0.804. The molecular formula is C16H23NO3. The Morgan fingerprint density at radius 2 is 2.00 bits per heavy atom. The minimum atomic E-state index is -1.04. The minimum absolute atomic E-state index is 0.111. The van der Waals surface area contributed by atoms with Crippen molar-refractivity contribution in [3.63, 3.8) is 0 Å². The van der Waals surface area contributed by atoms with Gasteiger partial charge in [0.2, 0.25) is 0 Å². The first-order valence-corrected chi connectivity index (χ1v) is 7.17. The summed E-state index contributed by atoms with van der Waals surface area (Å²) in [6.07, 6.45) is 2.51. The van der Waals surface area contributed by atoms with Crippen molar-refractivity contribution in [1.82, 2.24) is 5.32 Å². The predicted molar refractivity (Wildman–Crippen MR) is 77.9 cm³/mol. The van der Waals surface area contributed by atoms with Gasteiger partial charge in [0.1, 0.15) is 11.3 Å². The Morgan fingerprint density at radius 3 is 2.45 bits per heavy atom. The number of rotatable bonds is 7. The molecule has 4 heteroatoms. The number of benzene rings is 1. The zero-order valence-corrected chi connectivity index (χ0v) is 12.3. The van der Waals surface area contributed by atoms with E-state index >= 15 is 0 Å². The second kappa shape index (κ2) is 5.83. The lowest BCUT2D eigenvalue weighted by Crippen LogP contribution is -2.47. The molecular weight excluding hydrogens is 254 g/mol. The highest BCUT2D eigenvalue weighted by Gasteiger charge is 2.36. The van der Waals surface area contributed by atoms with Crippen molar-refractivity contribution in [1.29, 1.82) is 0 Å². The maximum absolute atomic E-state index is 11.6. The molecule has 2 rings (SSSR count).